The van der Waals surface area contributed by atoms with Gasteiger partial charge in [0.1, 0.15) is 6.07 Å². The van der Waals surface area contributed by atoms with E-state index in [2.05, 4.69) is 18.3 Å². The van der Waals surface area contributed by atoms with Crippen molar-refractivity contribution in [3.63, 3.8) is 0 Å². The lowest BCUT2D eigenvalue weighted by molar-refractivity contribution is 0.349. The molecule has 0 bridgehead atoms. The molecule has 0 amide bonds. The summed E-state index contributed by atoms with van der Waals surface area (Å²) < 4.78 is 0. The molecule has 0 aromatic heterocycles. The van der Waals surface area contributed by atoms with Gasteiger partial charge in [-0.3, -0.25) is 0 Å². The Morgan fingerprint density at radius 2 is 2.00 bits per heavy atom. The second-order valence-electron chi connectivity index (χ2n) is 5.12. The largest absolute Gasteiger partial charge is 0.396 e. The van der Waals surface area contributed by atoms with E-state index in [4.69, 9.17) is 11.0 Å². The molecule has 1 fully saturated rings. The third-order valence-corrected chi connectivity index (χ3v) is 3.62. The molecular weight excluding hydrogens is 210 g/mol. The summed E-state index contributed by atoms with van der Waals surface area (Å²) >= 11 is 0. The van der Waals surface area contributed by atoms with Crippen LogP contribution in [0.1, 0.15) is 44.6 Å². The van der Waals surface area contributed by atoms with Gasteiger partial charge < -0.3 is 11.1 Å². The highest BCUT2D eigenvalue weighted by Crippen LogP contribution is 2.33. The molecule has 0 heterocycles. The van der Waals surface area contributed by atoms with Gasteiger partial charge in [0.05, 0.1) is 16.9 Å². The van der Waals surface area contributed by atoms with Gasteiger partial charge in [0, 0.05) is 5.54 Å². The summed E-state index contributed by atoms with van der Waals surface area (Å²) in [6.45, 7) is 2.24. The molecule has 3 heteroatoms. The first kappa shape index (κ1) is 11.8. The number of hydrogen-bond acceptors (Lipinski definition) is 3. The monoisotopic (exact) mass is 229 g/mol. The maximum atomic E-state index is 8.96. The standard InChI is InChI=1S/C14H19N3/c1-14(8-3-2-4-9-14)17-12-7-5-6-11(10-15)13(12)16/h5-7,17H,2-4,8-9,16H2,1H3. The summed E-state index contributed by atoms with van der Waals surface area (Å²) in [5.74, 6) is 0. The first-order valence-electron chi connectivity index (χ1n) is 6.21. The minimum absolute atomic E-state index is 0.125. The van der Waals surface area contributed by atoms with E-state index >= 15 is 0 Å². The van der Waals surface area contributed by atoms with Crippen LogP contribution in [0.25, 0.3) is 0 Å². The van der Waals surface area contributed by atoms with Crippen LogP contribution in [0.5, 0.6) is 0 Å². The van der Waals surface area contributed by atoms with Crippen LogP contribution in [0.3, 0.4) is 0 Å². The van der Waals surface area contributed by atoms with Crippen LogP contribution in [0.4, 0.5) is 11.4 Å². The van der Waals surface area contributed by atoms with Gasteiger partial charge in [-0.05, 0) is 31.9 Å². The number of nitrogen functional groups attached to an aromatic ring is 1. The zero-order chi connectivity index (χ0) is 12.3. The molecule has 1 aromatic carbocycles. The Morgan fingerprint density at radius 1 is 1.29 bits per heavy atom. The SMILES string of the molecule is CC1(Nc2cccc(C#N)c2N)CCCCC1. The van der Waals surface area contributed by atoms with Crippen LogP contribution >= 0.6 is 0 Å². The highest BCUT2D eigenvalue weighted by molar-refractivity contribution is 5.73. The third kappa shape index (κ3) is 2.52. The zero-order valence-electron chi connectivity index (χ0n) is 10.3. The molecule has 90 valence electrons. The molecule has 0 saturated heterocycles. The maximum Gasteiger partial charge on any atom is 0.101 e. The molecule has 0 unspecified atom stereocenters. The van der Waals surface area contributed by atoms with E-state index in [9.17, 15) is 0 Å². The van der Waals surface area contributed by atoms with Crippen LogP contribution in [-0.2, 0) is 0 Å². The van der Waals surface area contributed by atoms with Crippen molar-refractivity contribution in [1.82, 2.24) is 0 Å². The summed E-state index contributed by atoms with van der Waals surface area (Å²) in [5, 5.41) is 12.5. The molecule has 3 N–H and O–H groups in total. The van der Waals surface area contributed by atoms with Gasteiger partial charge in [0.25, 0.3) is 0 Å². The normalized spacial score (nSPS) is 18.4. The molecule has 3 nitrogen and oxygen atoms in total. The summed E-state index contributed by atoms with van der Waals surface area (Å²) in [6, 6.07) is 7.71. The average molecular weight is 229 g/mol. The van der Waals surface area contributed by atoms with Gasteiger partial charge in [0.2, 0.25) is 0 Å². The lowest BCUT2D eigenvalue weighted by Gasteiger charge is -2.36. The number of nitrogens with two attached hydrogens (primary N) is 1. The molecule has 0 spiro atoms. The molecule has 17 heavy (non-hydrogen) atoms. The minimum Gasteiger partial charge on any atom is -0.396 e. The summed E-state index contributed by atoms with van der Waals surface area (Å²) in [4.78, 5) is 0. The van der Waals surface area contributed by atoms with E-state index < -0.39 is 0 Å². The van der Waals surface area contributed by atoms with Crippen LogP contribution in [0.2, 0.25) is 0 Å². The number of benzene rings is 1. The van der Waals surface area contributed by atoms with Crippen LogP contribution in [0, 0.1) is 11.3 Å². The van der Waals surface area contributed by atoms with Gasteiger partial charge >= 0.3 is 0 Å². The van der Waals surface area contributed by atoms with E-state index in [-0.39, 0.29) is 5.54 Å². The van der Waals surface area contributed by atoms with E-state index in [1.807, 2.05) is 12.1 Å². The van der Waals surface area contributed by atoms with Gasteiger partial charge in [0.15, 0.2) is 0 Å². The fourth-order valence-electron chi connectivity index (χ4n) is 2.55. The van der Waals surface area contributed by atoms with Crippen LogP contribution < -0.4 is 11.1 Å². The molecule has 1 saturated carbocycles. The zero-order valence-corrected chi connectivity index (χ0v) is 10.3. The summed E-state index contributed by atoms with van der Waals surface area (Å²) in [6.07, 6.45) is 6.19. The molecule has 1 aliphatic rings. The molecule has 0 radical (unpaired) electrons. The number of nitrogens with one attached hydrogen (secondary N) is 1. The molecule has 1 aromatic rings. The van der Waals surface area contributed by atoms with E-state index in [1.165, 1.54) is 32.1 Å². The van der Waals surface area contributed by atoms with Crippen molar-refractivity contribution >= 4 is 11.4 Å². The number of nitriles is 1. The number of para-hydroxylation sites is 1. The predicted molar refractivity (Wildman–Crippen MR) is 70.7 cm³/mol. The minimum atomic E-state index is 0.125. The Morgan fingerprint density at radius 3 is 2.65 bits per heavy atom. The maximum absolute atomic E-state index is 8.96. The van der Waals surface area contributed by atoms with E-state index in [1.54, 1.807) is 6.07 Å². The van der Waals surface area contributed by atoms with Gasteiger partial charge in [-0.1, -0.05) is 25.3 Å². The van der Waals surface area contributed by atoms with Crippen molar-refractivity contribution < 1.29 is 0 Å². The van der Waals surface area contributed by atoms with Crippen molar-refractivity contribution in [2.24, 2.45) is 0 Å². The summed E-state index contributed by atoms with van der Waals surface area (Å²) in [7, 11) is 0. The Bertz CT molecular complexity index is 439. The first-order chi connectivity index (χ1) is 8.14. The molecular formula is C14H19N3. The fourth-order valence-corrected chi connectivity index (χ4v) is 2.55. The Hall–Kier alpha value is -1.69. The van der Waals surface area contributed by atoms with Crippen molar-refractivity contribution in [3.05, 3.63) is 23.8 Å². The first-order valence-corrected chi connectivity index (χ1v) is 6.21. The smallest absolute Gasteiger partial charge is 0.101 e. The topological polar surface area (TPSA) is 61.8 Å². The van der Waals surface area contributed by atoms with Crippen LogP contribution in [0.15, 0.2) is 18.2 Å². The molecule has 0 atom stereocenters. The van der Waals surface area contributed by atoms with Crippen molar-refractivity contribution in [1.29, 1.82) is 5.26 Å². The molecule has 2 rings (SSSR count). The second kappa shape index (κ2) is 4.67. The van der Waals surface area contributed by atoms with E-state index in [0.717, 1.165) is 5.69 Å². The number of nitrogens with zero attached hydrogens (tertiary/aromatic N) is 1. The third-order valence-electron chi connectivity index (χ3n) is 3.62. The van der Waals surface area contributed by atoms with Gasteiger partial charge in [-0.15, -0.1) is 0 Å². The quantitative estimate of drug-likeness (QED) is 0.765. The average Bonchev–Trinajstić information content (AvgIpc) is 2.32. The number of rotatable bonds is 2. The molecule has 0 aliphatic heterocycles. The van der Waals surface area contributed by atoms with Crippen molar-refractivity contribution in [3.8, 4) is 6.07 Å². The lowest BCUT2D eigenvalue weighted by Crippen LogP contribution is -2.37. The predicted octanol–water partition coefficient (Wildman–Crippen LogP) is 3.28. The Labute approximate surface area is 103 Å². The second-order valence-corrected chi connectivity index (χ2v) is 5.12. The van der Waals surface area contributed by atoms with Gasteiger partial charge in [-0.2, -0.15) is 5.26 Å². The fraction of sp³-hybridized carbons (Fsp3) is 0.500. The molecule has 1 aliphatic carbocycles. The number of anilines is 2. The lowest BCUT2D eigenvalue weighted by atomic mass is 9.83. The highest BCUT2D eigenvalue weighted by Gasteiger charge is 2.27. The van der Waals surface area contributed by atoms with E-state index in [0.29, 0.717) is 11.3 Å². The Kier molecular flexibility index (Phi) is 3.23. The van der Waals surface area contributed by atoms with Crippen LogP contribution in [-0.4, -0.2) is 5.54 Å². The Balaban J connectivity index is 2.21. The van der Waals surface area contributed by atoms with Gasteiger partial charge in [-0.25, -0.2) is 0 Å². The van der Waals surface area contributed by atoms with Crippen molar-refractivity contribution in [2.75, 3.05) is 11.1 Å². The highest BCUT2D eigenvalue weighted by atomic mass is 15.0. The van der Waals surface area contributed by atoms with Crippen molar-refractivity contribution in [2.45, 2.75) is 44.6 Å². The number of hydrogen-bond donors (Lipinski definition) is 2. The summed E-state index contributed by atoms with van der Waals surface area (Å²) in [5.41, 5.74) is 8.13.